The second-order valence-electron chi connectivity index (χ2n) is 3.84. The lowest BCUT2D eigenvalue weighted by molar-refractivity contribution is 1.17. The predicted molar refractivity (Wildman–Crippen MR) is 71.5 cm³/mol. The van der Waals surface area contributed by atoms with Gasteiger partial charge in [-0.1, -0.05) is 6.07 Å². The highest BCUT2D eigenvalue weighted by Crippen LogP contribution is 2.23. The Bertz CT molecular complexity index is 673. The van der Waals surface area contributed by atoms with Gasteiger partial charge in [0.2, 0.25) is 5.95 Å². The Morgan fingerprint density at radius 2 is 1.78 bits per heavy atom. The van der Waals surface area contributed by atoms with Crippen molar-refractivity contribution in [2.75, 3.05) is 11.1 Å². The zero-order valence-electron chi connectivity index (χ0n) is 9.54. The molecule has 0 saturated carbocycles. The Morgan fingerprint density at radius 3 is 2.61 bits per heavy atom. The van der Waals surface area contributed by atoms with Crippen LogP contribution in [0.4, 0.5) is 17.3 Å². The first-order chi connectivity index (χ1) is 8.83. The summed E-state index contributed by atoms with van der Waals surface area (Å²) in [6.07, 6.45) is 4.91. The summed E-state index contributed by atoms with van der Waals surface area (Å²) in [7, 11) is 0. The van der Waals surface area contributed by atoms with Crippen LogP contribution in [0.1, 0.15) is 0 Å². The third kappa shape index (κ3) is 1.93. The molecule has 3 rings (SSSR count). The smallest absolute Gasteiger partial charge is 0.227 e. The Balaban J connectivity index is 2.02. The van der Waals surface area contributed by atoms with E-state index in [1.54, 1.807) is 18.6 Å². The van der Waals surface area contributed by atoms with Gasteiger partial charge in [-0.3, -0.25) is 4.98 Å². The fourth-order valence-electron chi connectivity index (χ4n) is 1.74. The van der Waals surface area contributed by atoms with Gasteiger partial charge in [-0.15, -0.1) is 0 Å². The summed E-state index contributed by atoms with van der Waals surface area (Å²) < 4.78 is 0. The molecule has 0 aliphatic rings. The maximum atomic E-state index is 5.55. The third-order valence-corrected chi connectivity index (χ3v) is 2.56. The molecule has 5 nitrogen and oxygen atoms in total. The van der Waals surface area contributed by atoms with Gasteiger partial charge in [-0.25, -0.2) is 9.97 Å². The quantitative estimate of drug-likeness (QED) is 0.715. The first-order valence-corrected chi connectivity index (χ1v) is 5.51. The van der Waals surface area contributed by atoms with E-state index in [2.05, 4.69) is 20.3 Å². The van der Waals surface area contributed by atoms with Crippen LogP contribution in [-0.4, -0.2) is 15.0 Å². The first kappa shape index (κ1) is 10.5. The highest BCUT2D eigenvalue weighted by Gasteiger charge is 2.02. The topological polar surface area (TPSA) is 76.7 Å². The molecule has 0 spiro atoms. The van der Waals surface area contributed by atoms with E-state index in [0.29, 0.717) is 11.6 Å². The molecule has 0 fully saturated rings. The lowest BCUT2D eigenvalue weighted by atomic mass is 10.2. The van der Waals surface area contributed by atoms with Crippen molar-refractivity contribution in [2.45, 2.75) is 0 Å². The fourth-order valence-corrected chi connectivity index (χ4v) is 1.74. The van der Waals surface area contributed by atoms with Crippen molar-refractivity contribution >= 4 is 28.2 Å². The molecule has 3 N–H and O–H groups in total. The van der Waals surface area contributed by atoms with Crippen molar-refractivity contribution in [3.8, 4) is 0 Å². The number of nitrogens with two attached hydrogens (primary N) is 1. The Morgan fingerprint density at radius 1 is 0.944 bits per heavy atom. The average Bonchev–Trinajstić information content (AvgIpc) is 2.42. The van der Waals surface area contributed by atoms with Gasteiger partial charge in [0.25, 0.3) is 0 Å². The van der Waals surface area contributed by atoms with E-state index in [1.165, 1.54) is 0 Å². The molecule has 2 heterocycles. The maximum Gasteiger partial charge on any atom is 0.227 e. The number of nitrogens with one attached hydrogen (secondary N) is 1. The van der Waals surface area contributed by atoms with Crippen molar-refractivity contribution in [1.82, 2.24) is 15.0 Å². The Hall–Kier alpha value is -2.69. The van der Waals surface area contributed by atoms with Gasteiger partial charge in [0.1, 0.15) is 0 Å². The number of hydrogen-bond acceptors (Lipinski definition) is 5. The van der Waals surface area contributed by atoms with Gasteiger partial charge in [0.15, 0.2) is 0 Å². The first-order valence-electron chi connectivity index (χ1n) is 5.51. The lowest BCUT2D eigenvalue weighted by Crippen LogP contribution is -1.98. The van der Waals surface area contributed by atoms with E-state index in [0.717, 1.165) is 16.6 Å². The largest absolute Gasteiger partial charge is 0.396 e. The predicted octanol–water partition coefficient (Wildman–Crippen LogP) is 2.35. The summed E-state index contributed by atoms with van der Waals surface area (Å²) >= 11 is 0. The molecule has 0 unspecified atom stereocenters. The van der Waals surface area contributed by atoms with Crippen LogP contribution in [0.5, 0.6) is 0 Å². The number of rotatable bonds is 2. The number of fused-ring (bicyclic) bond motifs is 1. The zero-order valence-corrected chi connectivity index (χ0v) is 9.54. The number of pyridine rings is 1. The molecule has 0 saturated heterocycles. The SMILES string of the molecule is Nc1cnc(Nc2cccc3ncccc23)nc1. The van der Waals surface area contributed by atoms with Gasteiger partial charge < -0.3 is 11.1 Å². The average molecular weight is 237 g/mol. The van der Waals surface area contributed by atoms with Crippen molar-refractivity contribution in [3.05, 3.63) is 48.9 Å². The van der Waals surface area contributed by atoms with Crippen LogP contribution in [-0.2, 0) is 0 Å². The normalized spacial score (nSPS) is 10.4. The van der Waals surface area contributed by atoms with Crippen molar-refractivity contribution < 1.29 is 0 Å². The molecule has 88 valence electrons. The third-order valence-electron chi connectivity index (χ3n) is 2.56. The molecule has 0 aliphatic carbocycles. The van der Waals surface area contributed by atoms with Crippen molar-refractivity contribution in [2.24, 2.45) is 0 Å². The summed E-state index contributed by atoms with van der Waals surface area (Å²) in [5.74, 6) is 0.514. The molecule has 0 amide bonds. The van der Waals surface area contributed by atoms with Gasteiger partial charge in [-0.2, -0.15) is 0 Å². The highest BCUT2D eigenvalue weighted by atomic mass is 15.1. The molecule has 1 aromatic carbocycles. The van der Waals surface area contributed by atoms with Gasteiger partial charge >= 0.3 is 0 Å². The van der Waals surface area contributed by atoms with E-state index in [-0.39, 0.29) is 0 Å². The molecule has 0 aliphatic heterocycles. The monoisotopic (exact) mass is 237 g/mol. The molecule has 3 aromatic rings. The van der Waals surface area contributed by atoms with Crippen LogP contribution in [0.2, 0.25) is 0 Å². The van der Waals surface area contributed by atoms with E-state index in [9.17, 15) is 0 Å². The second kappa shape index (κ2) is 4.29. The van der Waals surface area contributed by atoms with E-state index in [4.69, 9.17) is 5.73 Å². The molecule has 0 bridgehead atoms. The number of aromatic nitrogens is 3. The highest BCUT2D eigenvalue weighted by molar-refractivity contribution is 5.92. The molecule has 2 aromatic heterocycles. The number of nitrogen functional groups attached to an aromatic ring is 1. The van der Waals surface area contributed by atoms with Crippen LogP contribution in [0.15, 0.2) is 48.9 Å². The van der Waals surface area contributed by atoms with E-state index < -0.39 is 0 Å². The van der Waals surface area contributed by atoms with E-state index >= 15 is 0 Å². The molecule has 5 heteroatoms. The number of benzene rings is 1. The summed E-state index contributed by atoms with van der Waals surface area (Å²) in [5, 5.41) is 4.18. The Labute approximate surface area is 104 Å². The van der Waals surface area contributed by atoms with Crippen LogP contribution >= 0.6 is 0 Å². The fraction of sp³-hybridized carbons (Fsp3) is 0. The van der Waals surface area contributed by atoms with Crippen LogP contribution in [0, 0.1) is 0 Å². The van der Waals surface area contributed by atoms with E-state index in [1.807, 2.05) is 30.3 Å². The standard InChI is InChI=1S/C13H11N5/c14-9-7-16-13(17-8-9)18-12-5-1-4-11-10(12)3-2-6-15-11/h1-8H,14H2,(H,16,17,18). The zero-order chi connectivity index (χ0) is 12.4. The Kier molecular flexibility index (Phi) is 2.49. The van der Waals surface area contributed by atoms with Crippen LogP contribution < -0.4 is 11.1 Å². The molecule has 18 heavy (non-hydrogen) atoms. The minimum absolute atomic E-state index is 0.514. The summed E-state index contributed by atoms with van der Waals surface area (Å²) in [6.45, 7) is 0. The molecule has 0 atom stereocenters. The van der Waals surface area contributed by atoms with Gasteiger partial charge in [-0.05, 0) is 24.3 Å². The summed E-state index contributed by atoms with van der Waals surface area (Å²) in [5.41, 5.74) is 7.94. The summed E-state index contributed by atoms with van der Waals surface area (Å²) in [4.78, 5) is 12.5. The summed E-state index contributed by atoms with van der Waals surface area (Å²) in [6, 6.07) is 9.77. The second-order valence-corrected chi connectivity index (χ2v) is 3.84. The number of hydrogen-bond donors (Lipinski definition) is 2. The van der Waals surface area contributed by atoms with Crippen LogP contribution in [0.25, 0.3) is 10.9 Å². The van der Waals surface area contributed by atoms with Crippen LogP contribution in [0.3, 0.4) is 0 Å². The minimum atomic E-state index is 0.514. The van der Waals surface area contributed by atoms with Gasteiger partial charge in [0, 0.05) is 11.6 Å². The molecular weight excluding hydrogens is 226 g/mol. The van der Waals surface area contributed by atoms with Gasteiger partial charge in [0.05, 0.1) is 29.3 Å². The van der Waals surface area contributed by atoms with Crippen molar-refractivity contribution in [1.29, 1.82) is 0 Å². The maximum absolute atomic E-state index is 5.55. The lowest BCUT2D eigenvalue weighted by Gasteiger charge is -2.07. The molecule has 0 radical (unpaired) electrons. The number of nitrogens with zero attached hydrogens (tertiary/aromatic N) is 3. The van der Waals surface area contributed by atoms with Crippen molar-refractivity contribution in [3.63, 3.8) is 0 Å². The minimum Gasteiger partial charge on any atom is -0.396 e. The number of anilines is 3. The molecular formula is C13H11N5.